The van der Waals surface area contributed by atoms with Gasteiger partial charge in [-0.2, -0.15) is 0 Å². The number of rotatable bonds is 3. The first-order chi connectivity index (χ1) is 13.2. The van der Waals surface area contributed by atoms with Crippen molar-refractivity contribution in [3.63, 3.8) is 0 Å². The lowest BCUT2D eigenvalue weighted by Gasteiger charge is -2.17. The standard InChI is InChI=1S/C19H12N2O5S/c22-16-10-27-17(14-6-3-7-24-14)21(16)19-20-9-15(26-19)12-8-11-4-1-2-5-13(11)25-18(12)23/h1-9,17H,10H2. The maximum Gasteiger partial charge on any atom is 0.347 e. The highest BCUT2D eigenvalue weighted by atomic mass is 32.2. The van der Waals surface area contributed by atoms with Gasteiger partial charge in [-0.25, -0.2) is 14.7 Å². The summed E-state index contributed by atoms with van der Waals surface area (Å²) in [7, 11) is 0. The zero-order valence-corrected chi connectivity index (χ0v) is 14.6. The summed E-state index contributed by atoms with van der Waals surface area (Å²) in [5.41, 5.74) is 0.220. The lowest BCUT2D eigenvalue weighted by Crippen LogP contribution is -2.27. The van der Waals surface area contributed by atoms with Crippen LogP contribution >= 0.6 is 11.8 Å². The topological polar surface area (TPSA) is 89.7 Å². The quantitative estimate of drug-likeness (QED) is 0.499. The van der Waals surface area contributed by atoms with Crippen LogP contribution in [-0.2, 0) is 4.79 Å². The van der Waals surface area contributed by atoms with Crippen LogP contribution in [0.1, 0.15) is 11.1 Å². The molecular weight excluding hydrogens is 368 g/mol. The molecule has 0 saturated carbocycles. The van der Waals surface area contributed by atoms with Crippen molar-refractivity contribution in [2.45, 2.75) is 5.37 Å². The van der Waals surface area contributed by atoms with E-state index in [0.717, 1.165) is 5.39 Å². The fourth-order valence-corrected chi connectivity index (χ4v) is 4.10. The molecule has 1 atom stereocenters. The second kappa shape index (κ2) is 6.17. The van der Waals surface area contributed by atoms with Crippen molar-refractivity contribution in [3.05, 3.63) is 71.1 Å². The van der Waals surface area contributed by atoms with Crippen molar-refractivity contribution in [1.29, 1.82) is 0 Å². The van der Waals surface area contributed by atoms with Crippen molar-refractivity contribution < 1.29 is 18.0 Å². The van der Waals surface area contributed by atoms with E-state index in [1.807, 2.05) is 12.1 Å². The van der Waals surface area contributed by atoms with Crippen LogP contribution in [0.4, 0.5) is 6.01 Å². The molecule has 1 aliphatic heterocycles. The molecule has 4 heterocycles. The molecule has 5 rings (SSSR count). The predicted molar refractivity (Wildman–Crippen MR) is 99.4 cm³/mol. The third kappa shape index (κ3) is 2.65. The summed E-state index contributed by atoms with van der Waals surface area (Å²) in [5.74, 6) is 1.03. The molecule has 0 spiro atoms. The van der Waals surface area contributed by atoms with Gasteiger partial charge in [0.1, 0.15) is 22.3 Å². The van der Waals surface area contributed by atoms with Gasteiger partial charge in [0.2, 0.25) is 5.91 Å². The molecule has 1 fully saturated rings. The van der Waals surface area contributed by atoms with E-state index in [-0.39, 0.29) is 28.6 Å². The predicted octanol–water partition coefficient (Wildman–Crippen LogP) is 3.82. The Kier molecular flexibility index (Phi) is 3.64. The van der Waals surface area contributed by atoms with Gasteiger partial charge in [0, 0.05) is 5.39 Å². The zero-order valence-electron chi connectivity index (χ0n) is 13.8. The van der Waals surface area contributed by atoms with Crippen LogP contribution in [-0.4, -0.2) is 16.6 Å². The van der Waals surface area contributed by atoms with E-state index in [1.165, 1.54) is 22.9 Å². The van der Waals surface area contributed by atoms with E-state index < -0.39 is 5.63 Å². The van der Waals surface area contributed by atoms with Crippen LogP contribution < -0.4 is 10.5 Å². The van der Waals surface area contributed by atoms with Gasteiger partial charge in [0.15, 0.2) is 5.76 Å². The highest BCUT2D eigenvalue weighted by Gasteiger charge is 2.38. The summed E-state index contributed by atoms with van der Waals surface area (Å²) in [6, 6.07) is 12.6. The second-order valence-electron chi connectivity index (χ2n) is 5.93. The van der Waals surface area contributed by atoms with E-state index in [0.29, 0.717) is 17.1 Å². The SMILES string of the molecule is O=C1CSC(c2ccco2)N1c1ncc(-c2cc3ccccc3oc2=O)o1. The number of oxazole rings is 1. The molecule has 7 nitrogen and oxygen atoms in total. The summed E-state index contributed by atoms with van der Waals surface area (Å²) in [5, 5.41) is 0.415. The van der Waals surface area contributed by atoms with Crippen molar-refractivity contribution >= 4 is 34.7 Å². The van der Waals surface area contributed by atoms with Gasteiger partial charge in [0.05, 0.1) is 18.2 Å². The van der Waals surface area contributed by atoms with Crippen LogP contribution in [0.25, 0.3) is 22.3 Å². The first-order valence-corrected chi connectivity index (χ1v) is 9.22. The zero-order chi connectivity index (χ0) is 18.4. The lowest BCUT2D eigenvalue weighted by atomic mass is 10.1. The normalized spacial score (nSPS) is 17.1. The van der Waals surface area contributed by atoms with E-state index in [1.54, 1.807) is 36.6 Å². The Morgan fingerprint density at radius 3 is 2.85 bits per heavy atom. The van der Waals surface area contributed by atoms with Crippen molar-refractivity contribution in [1.82, 2.24) is 4.98 Å². The van der Waals surface area contributed by atoms with Crippen LogP contribution in [0, 0.1) is 0 Å². The van der Waals surface area contributed by atoms with Gasteiger partial charge in [-0.1, -0.05) is 18.2 Å². The number of fused-ring (bicyclic) bond motifs is 1. The number of benzene rings is 1. The molecule has 1 aliphatic rings. The molecule has 1 aromatic carbocycles. The second-order valence-corrected chi connectivity index (χ2v) is 7.00. The van der Waals surface area contributed by atoms with E-state index in [2.05, 4.69) is 4.98 Å². The molecule has 0 N–H and O–H groups in total. The van der Waals surface area contributed by atoms with E-state index >= 15 is 0 Å². The molecule has 1 amide bonds. The Labute approximate surface area is 156 Å². The van der Waals surface area contributed by atoms with Crippen LogP contribution in [0.3, 0.4) is 0 Å². The van der Waals surface area contributed by atoms with Gasteiger partial charge >= 0.3 is 11.6 Å². The van der Waals surface area contributed by atoms with Crippen LogP contribution in [0.5, 0.6) is 0 Å². The number of carbonyl (C=O) groups is 1. The first-order valence-electron chi connectivity index (χ1n) is 8.17. The number of thioether (sulfide) groups is 1. The van der Waals surface area contributed by atoms with Crippen molar-refractivity contribution in [2.75, 3.05) is 10.7 Å². The average Bonchev–Trinajstić information content (AvgIpc) is 3.41. The van der Waals surface area contributed by atoms with Crippen molar-refractivity contribution in [2.24, 2.45) is 0 Å². The van der Waals surface area contributed by atoms with Gasteiger partial charge in [0.25, 0.3) is 0 Å². The third-order valence-corrected chi connectivity index (χ3v) is 5.43. The number of para-hydroxylation sites is 1. The molecule has 0 bridgehead atoms. The summed E-state index contributed by atoms with van der Waals surface area (Å²) in [6.45, 7) is 0. The molecule has 0 aliphatic carbocycles. The van der Waals surface area contributed by atoms with Crippen LogP contribution in [0.15, 0.2) is 73.0 Å². The number of furan rings is 1. The minimum atomic E-state index is -0.527. The number of nitrogens with zero attached hydrogens (tertiary/aromatic N) is 2. The van der Waals surface area contributed by atoms with Gasteiger partial charge in [-0.15, -0.1) is 11.8 Å². The average molecular weight is 380 g/mol. The minimum Gasteiger partial charge on any atom is -0.466 e. The van der Waals surface area contributed by atoms with Gasteiger partial charge in [-0.05, 0) is 24.3 Å². The summed E-state index contributed by atoms with van der Waals surface area (Å²) >= 11 is 1.42. The third-order valence-electron chi connectivity index (χ3n) is 4.26. The molecule has 134 valence electrons. The maximum absolute atomic E-state index is 12.4. The number of hydrogen-bond donors (Lipinski definition) is 0. The molecule has 3 aromatic heterocycles. The molecule has 0 radical (unpaired) electrons. The Balaban J connectivity index is 1.56. The maximum atomic E-state index is 12.4. The number of carbonyl (C=O) groups excluding carboxylic acids is 1. The summed E-state index contributed by atoms with van der Waals surface area (Å²) in [6.07, 6.45) is 2.98. The van der Waals surface area contributed by atoms with Gasteiger partial charge < -0.3 is 13.3 Å². The molecule has 27 heavy (non-hydrogen) atoms. The highest BCUT2D eigenvalue weighted by molar-refractivity contribution is 8.00. The minimum absolute atomic E-state index is 0.119. The molecule has 1 unspecified atom stereocenters. The van der Waals surface area contributed by atoms with Gasteiger partial charge in [-0.3, -0.25) is 4.79 Å². The lowest BCUT2D eigenvalue weighted by molar-refractivity contribution is -0.116. The molecule has 1 saturated heterocycles. The fourth-order valence-electron chi connectivity index (χ4n) is 3.01. The summed E-state index contributed by atoms with van der Waals surface area (Å²) < 4.78 is 16.5. The number of amides is 1. The van der Waals surface area contributed by atoms with E-state index in [4.69, 9.17) is 13.3 Å². The number of hydrogen-bond acceptors (Lipinski definition) is 7. The largest absolute Gasteiger partial charge is 0.466 e. The number of aromatic nitrogens is 1. The monoisotopic (exact) mass is 380 g/mol. The number of anilines is 1. The molecular formula is C19H12N2O5S. The Morgan fingerprint density at radius 2 is 2.00 bits per heavy atom. The summed E-state index contributed by atoms with van der Waals surface area (Å²) in [4.78, 5) is 30.3. The first kappa shape index (κ1) is 16.0. The Morgan fingerprint density at radius 1 is 1.11 bits per heavy atom. The highest BCUT2D eigenvalue weighted by Crippen LogP contribution is 2.42. The van der Waals surface area contributed by atoms with Crippen LogP contribution in [0.2, 0.25) is 0 Å². The van der Waals surface area contributed by atoms with E-state index in [9.17, 15) is 9.59 Å². The molecule has 8 heteroatoms. The molecule has 4 aromatic rings. The Bertz CT molecular complexity index is 1190. The smallest absolute Gasteiger partial charge is 0.347 e. The fraction of sp³-hybridized carbons (Fsp3) is 0.105. The Hall–Kier alpha value is -3.26. The van der Waals surface area contributed by atoms with Crippen molar-refractivity contribution in [3.8, 4) is 11.3 Å².